The fourth-order valence-corrected chi connectivity index (χ4v) is 2.22. The molecular formula is C10H15N3OS2. The van der Waals surface area contributed by atoms with Crippen LogP contribution in [-0.2, 0) is 10.8 Å². The fraction of sp³-hybridized carbons (Fsp3) is 0.400. The van der Waals surface area contributed by atoms with Crippen molar-refractivity contribution in [3.05, 3.63) is 23.9 Å². The Balaban J connectivity index is 2.70. The predicted octanol–water partition coefficient (Wildman–Crippen LogP) is 0.895. The van der Waals surface area contributed by atoms with Gasteiger partial charge in [-0.15, -0.1) is 0 Å². The molecule has 0 aliphatic heterocycles. The maximum absolute atomic E-state index is 11.0. The van der Waals surface area contributed by atoms with E-state index in [-0.39, 0.29) is 6.04 Å². The molecule has 0 fully saturated rings. The molecule has 1 rings (SSSR count). The van der Waals surface area contributed by atoms with Gasteiger partial charge >= 0.3 is 0 Å². The van der Waals surface area contributed by atoms with E-state index >= 15 is 0 Å². The molecule has 0 radical (unpaired) electrons. The first-order chi connectivity index (χ1) is 7.49. The summed E-state index contributed by atoms with van der Waals surface area (Å²) < 4.78 is 11.0. The number of hydrogen-bond donors (Lipinski definition) is 2. The molecule has 0 saturated heterocycles. The Labute approximate surface area is 103 Å². The molecule has 0 aromatic carbocycles. The van der Waals surface area contributed by atoms with Crippen LogP contribution in [0.3, 0.4) is 0 Å². The number of pyridine rings is 1. The molecule has 16 heavy (non-hydrogen) atoms. The van der Waals surface area contributed by atoms with E-state index in [4.69, 9.17) is 18.0 Å². The molecule has 6 heteroatoms. The van der Waals surface area contributed by atoms with Crippen LogP contribution < -0.4 is 11.1 Å². The highest BCUT2D eigenvalue weighted by Gasteiger charge is 2.06. The third-order valence-electron chi connectivity index (χ3n) is 1.92. The lowest BCUT2D eigenvalue weighted by atomic mass is 10.2. The van der Waals surface area contributed by atoms with Gasteiger partial charge in [0.2, 0.25) is 0 Å². The number of hydrogen-bond acceptors (Lipinski definition) is 4. The lowest BCUT2D eigenvalue weighted by molar-refractivity contribution is 0.683. The maximum atomic E-state index is 11.0. The minimum atomic E-state index is -0.824. The average Bonchev–Trinajstić information content (AvgIpc) is 2.16. The topological polar surface area (TPSA) is 68.0 Å². The monoisotopic (exact) mass is 257 g/mol. The van der Waals surface area contributed by atoms with Gasteiger partial charge in [-0.2, -0.15) is 0 Å². The predicted molar refractivity (Wildman–Crippen MR) is 72.1 cm³/mol. The van der Waals surface area contributed by atoms with Gasteiger partial charge in [-0.1, -0.05) is 12.2 Å². The van der Waals surface area contributed by atoms with Crippen LogP contribution in [0.5, 0.6) is 0 Å². The van der Waals surface area contributed by atoms with Crippen molar-refractivity contribution in [2.75, 3.05) is 17.3 Å². The van der Waals surface area contributed by atoms with Crippen molar-refractivity contribution in [2.24, 2.45) is 5.73 Å². The normalized spacial score (nSPS) is 14.1. The Morgan fingerprint density at radius 3 is 3.00 bits per heavy atom. The van der Waals surface area contributed by atoms with Crippen molar-refractivity contribution in [1.29, 1.82) is 0 Å². The van der Waals surface area contributed by atoms with Crippen LogP contribution in [0.15, 0.2) is 18.3 Å². The van der Waals surface area contributed by atoms with Crippen molar-refractivity contribution in [3.63, 3.8) is 0 Å². The smallest absolute Gasteiger partial charge is 0.126 e. The molecule has 0 aliphatic rings. The number of nitrogens with one attached hydrogen (secondary N) is 1. The zero-order valence-corrected chi connectivity index (χ0v) is 10.9. The van der Waals surface area contributed by atoms with Gasteiger partial charge in [-0.05, 0) is 19.1 Å². The van der Waals surface area contributed by atoms with Crippen molar-refractivity contribution in [3.8, 4) is 0 Å². The van der Waals surface area contributed by atoms with E-state index in [2.05, 4.69) is 10.3 Å². The minimum Gasteiger partial charge on any atom is -0.389 e. The summed E-state index contributed by atoms with van der Waals surface area (Å²) in [5.74, 6) is 1.28. The average molecular weight is 257 g/mol. The van der Waals surface area contributed by atoms with Gasteiger partial charge in [0.15, 0.2) is 0 Å². The summed E-state index contributed by atoms with van der Waals surface area (Å²) >= 11 is 4.88. The number of rotatable bonds is 5. The summed E-state index contributed by atoms with van der Waals surface area (Å²) in [5.41, 5.74) is 6.30. The van der Waals surface area contributed by atoms with Gasteiger partial charge in [0.1, 0.15) is 10.8 Å². The SMILES string of the molecule is CC(CS(C)=O)Nc1cc(C(N)=S)ccn1. The van der Waals surface area contributed by atoms with Gasteiger partial charge in [0, 0.05) is 40.6 Å². The van der Waals surface area contributed by atoms with Gasteiger partial charge < -0.3 is 11.1 Å². The molecule has 3 N–H and O–H groups in total. The molecular weight excluding hydrogens is 242 g/mol. The highest BCUT2D eigenvalue weighted by atomic mass is 32.2. The summed E-state index contributed by atoms with van der Waals surface area (Å²) in [6, 6.07) is 3.65. The Bertz CT molecular complexity index is 409. The van der Waals surface area contributed by atoms with Gasteiger partial charge in [0.25, 0.3) is 0 Å². The summed E-state index contributed by atoms with van der Waals surface area (Å²) in [6.45, 7) is 1.95. The summed E-state index contributed by atoms with van der Waals surface area (Å²) in [4.78, 5) is 4.49. The molecule has 1 aromatic heterocycles. The van der Waals surface area contributed by atoms with Gasteiger partial charge in [-0.25, -0.2) is 4.98 Å². The first-order valence-corrected chi connectivity index (χ1v) is 6.95. The fourth-order valence-electron chi connectivity index (χ4n) is 1.31. The van der Waals surface area contributed by atoms with Crippen LogP contribution in [0, 0.1) is 0 Å². The molecule has 0 saturated carbocycles. The van der Waals surface area contributed by atoms with E-state index in [0.717, 1.165) is 5.56 Å². The molecule has 88 valence electrons. The van der Waals surface area contributed by atoms with E-state index in [9.17, 15) is 4.21 Å². The van der Waals surface area contributed by atoms with Crippen molar-refractivity contribution >= 4 is 33.8 Å². The van der Waals surface area contributed by atoms with Crippen LogP contribution in [0.4, 0.5) is 5.82 Å². The third kappa shape index (κ3) is 4.24. The minimum absolute atomic E-state index is 0.0972. The second-order valence-corrected chi connectivity index (χ2v) is 5.50. The summed E-state index contributed by atoms with van der Waals surface area (Å²) in [7, 11) is -0.824. The van der Waals surface area contributed by atoms with E-state index in [0.29, 0.717) is 16.6 Å². The lowest BCUT2D eigenvalue weighted by Gasteiger charge is -2.13. The van der Waals surface area contributed by atoms with Gasteiger partial charge in [-0.3, -0.25) is 4.21 Å². The summed E-state index contributed by atoms with van der Waals surface area (Å²) in [6.07, 6.45) is 3.32. The molecule has 0 spiro atoms. The summed E-state index contributed by atoms with van der Waals surface area (Å²) in [5, 5.41) is 3.15. The Morgan fingerprint density at radius 1 is 1.75 bits per heavy atom. The molecule has 1 heterocycles. The van der Waals surface area contributed by atoms with Crippen LogP contribution in [0.2, 0.25) is 0 Å². The van der Waals surface area contributed by atoms with Crippen LogP contribution in [0.25, 0.3) is 0 Å². The second kappa shape index (κ2) is 5.91. The van der Waals surface area contributed by atoms with Crippen molar-refractivity contribution in [2.45, 2.75) is 13.0 Å². The first kappa shape index (κ1) is 13.1. The van der Waals surface area contributed by atoms with Crippen LogP contribution in [-0.4, -0.2) is 32.2 Å². The highest BCUT2D eigenvalue weighted by molar-refractivity contribution is 7.84. The molecule has 1 aromatic rings. The number of thiocarbonyl (C=S) groups is 1. The highest BCUT2D eigenvalue weighted by Crippen LogP contribution is 2.08. The Hall–Kier alpha value is -1.01. The molecule has 2 unspecified atom stereocenters. The number of anilines is 1. The van der Waals surface area contributed by atoms with Crippen LogP contribution in [0.1, 0.15) is 12.5 Å². The molecule has 2 atom stereocenters. The standard InChI is InChI=1S/C10H15N3OS2/c1-7(6-16(2)14)13-9-5-8(10(11)15)3-4-12-9/h3-5,7H,6H2,1-2H3,(H2,11,15)(H,12,13). The Morgan fingerprint density at radius 2 is 2.44 bits per heavy atom. The largest absolute Gasteiger partial charge is 0.389 e. The molecule has 0 bridgehead atoms. The first-order valence-electron chi connectivity index (χ1n) is 4.81. The van der Waals surface area contributed by atoms with Gasteiger partial charge in [0.05, 0.1) is 0 Å². The number of nitrogens with zero attached hydrogens (tertiary/aromatic N) is 1. The van der Waals surface area contributed by atoms with E-state index < -0.39 is 10.8 Å². The van der Waals surface area contributed by atoms with Crippen molar-refractivity contribution < 1.29 is 4.21 Å². The quantitative estimate of drug-likeness (QED) is 0.767. The van der Waals surface area contributed by atoms with E-state index in [1.807, 2.05) is 6.92 Å². The van der Waals surface area contributed by atoms with Crippen LogP contribution >= 0.6 is 12.2 Å². The third-order valence-corrected chi connectivity index (χ3v) is 3.13. The molecule has 0 amide bonds. The second-order valence-electron chi connectivity index (χ2n) is 3.58. The van der Waals surface area contributed by atoms with E-state index in [1.54, 1.807) is 24.6 Å². The maximum Gasteiger partial charge on any atom is 0.126 e. The van der Waals surface area contributed by atoms with E-state index in [1.165, 1.54) is 0 Å². The zero-order chi connectivity index (χ0) is 12.1. The Kier molecular flexibility index (Phi) is 4.82. The number of aromatic nitrogens is 1. The zero-order valence-electron chi connectivity index (χ0n) is 9.27. The molecule has 0 aliphatic carbocycles. The molecule has 4 nitrogen and oxygen atoms in total. The van der Waals surface area contributed by atoms with Crippen molar-refractivity contribution in [1.82, 2.24) is 4.98 Å². The number of nitrogens with two attached hydrogens (primary N) is 1. The lowest BCUT2D eigenvalue weighted by Crippen LogP contribution is -2.23.